The first-order chi connectivity index (χ1) is 6.85. The van der Waals surface area contributed by atoms with E-state index >= 15 is 0 Å². The second-order valence-electron chi connectivity index (χ2n) is 4.25. The molecule has 0 radical (unpaired) electrons. The van der Waals surface area contributed by atoms with Crippen molar-refractivity contribution in [3.05, 3.63) is 34.9 Å². The Bertz CT molecular complexity index is 317. The Balaban J connectivity index is 2.28. The molecule has 2 rings (SSSR count). The van der Waals surface area contributed by atoms with Crippen molar-refractivity contribution in [3.8, 4) is 0 Å². The third kappa shape index (κ3) is 1.69. The minimum atomic E-state index is 0.627. The van der Waals surface area contributed by atoms with Crippen LogP contribution in [0, 0.1) is 0 Å². The van der Waals surface area contributed by atoms with Gasteiger partial charge in [0.1, 0.15) is 0 Å². The SMILES string of the molecule is CCCc1ccc2c(c1)C(CN)CC2. The first-order valence-corrected chi connectivity index (χ1v) is 5.67. The molecule has 0 aliphatic heterocycles. The summed E-state index contributed by atoms with van der Waals surface area (Å²) in [6.07, 6.45) is 4.90. The van der Waals surface area contributed by atoms with Crippen LogP contribution in [0.1, 0.15) is 42.4 Å². The molecular weight excluding hydrogens is 170 g/mol. The Morgan fingerprint density at radius 1 is 1.43 bits per heavy atom. The van der Waals surface area contributed by atoms with E-state index in [0.29, 0.717) is 5.92 Å². The molecule has 76 valence electrons. The molecule has 0 saturated carbocycles. The van der Waals surface area contributed by atoms with Crippen molar-refractivity contribution in [1.82, 2.24) is 0 Å². The zero-order valence-electron chi connectivity index (χ0n) is 8.92. The van der Waals surface area contributed by atoms with Crippen molar-refractivity contribution in [2.75, 3.05) is 6.54 Å². The van der Waals surface area contributed by atoms with Gasteiger partial charge >= 0.3 is 0 Å². The topological polar surface area (TPSA) is 26.0 Å². The summed E-state index contributed by atoms with van der Waals surface area (Å²) in [7, 11) is 0. The predicted octanol–water partition coefficient (Wildman–Crippen LogP) is 2.63. The molecule has 14 heavy (non-hydrogen) atoms. The zero-order valence-corrected chi connectivity index (χ0v) is 8.92. The summed E-state index contributed by atoms with van der Waals surface area (Å²) in [5, 5.41) is 0. The maximum Gasteiger partial charge on any atom is -0.000802 e. The van der Waals surface area contributed by atoms with E-state index in [1.165, 1.54) is 42.4 Å². The quantitative estimate of drug-likeness (QED) is 0.777. The van der Waals surface area contributed by atoms with Crippen LogP contribution in [0.5, 0.6) is 0 Å². The van der Waals surface area contributed by atoms with Crippen LogP contribution < -0.4 is 5.73 Å². The fourth-order valence-electron chi connectivity index (χ4n) is 2.43. The maximum atomic E-state index is 5.77. The molecule has 0 bridgehead atoms. The lowest BCUT2D eigenvalue weighted by Crippen LogP contribution is -2.09. The second kappa shape index (κ2) is 4.14. The smallest absolute Gasteiger partial charge is 0.000802 e. The molecule has 1 atom stereocenters. The fraction of sp³-hybridized carbons (Fsp3) is 0.538. The summed E-state index contributed by atoms with van der Waals surface area (Å²) in [4.78, 5) is 0. The Labute approximate surface area is 86.3 Å². The number of hydrogen-bond donors (Lipinski definition) is 1. The van der Waals surface area contributed by atoms with E-state index in [9.17, 15) is 0 Å². The standard InChI is InChI=1S/C13H19N/c1-2-3-10-4-5-11-6-7-12(9-14)13(11)8-10/h4-5,8,12H,2-3,6-7,9,14H2,1H3. The second-order valence-corrected chi connectivity index (χ2v) is 4.25. The van der Waals surface area contributed by atoms with E-state index < -0.39 is 0 Å². The summed E-state index contributed by atoms with van der Waals surface area (Å²) in [6, 6.07) is 6.96. The third-order valence-corrected chi connectivity index (χ3v) is 3.24. The summed E-state index contributed by atoms with van der Waals surface area (Å²) in [5.41, 5.74) is 10.3. The summed E-state index contributed by atoms with van der Waals surface area (Å²) in [5.74, 6) is 0.627. The Morgan fingerprint density at radius 3 is 3.00 bits per heavy atom. The van der Waals surface area contributed by atoms with E-state index in [4.69, 9.17) is 5.73 Å². The molecule has 0 spiro atoms. The van der Waals surface area contributed by atoms with Gasteiger partial charge in [-0.15, -0.1) is 0 Å². The minimum Gasteiger partial charge on any atom is -0.330 e. The van der Waals surface area contributed by atoms with Crippen molar-refractivity contribution in [2.45, 2.75) is 38.5 Å². The van der Waals surface area contributed by atoms with Gasteiger partial charge in [0.05, 0.1) is 0 Å². The highest BCUT2D eigenvalue weighted by molar-refractivity contribution is 5.38. The highest BCUT2D eigenvalue weighted by Gasteiger charge is 2.20. The number of aryl methyl sites for hydroxylation is 2. The lowest BCUT2D eigenvalue weighted by molar-refractivity contribution is 0.687. The van der Waals surface area contributed by atoms with Gasteiger partial charge in [0.25, 0.3) is 0 Å². The van der Waals surface area contributed by atoms with Gasteiger partial charge in [0, 0.05) is 0 Å². The van der Waals surface area contributed by atoms with Crippen LogP contribution in [0.4, 0.5) is 0 Å². The Morgan fingerprint density at radius 2 is 2.29 bits per heavy atom. The van der Waals surface area contributed by atoms with E-state index in [0.717, 1.165) is 6.54 Å². The number of fused-ring (bicyclic) bond motifs is 1. The van der Waals surface area contributed by atoms with Crippen LogP contribution in [0.15, 0.2) is 18.2 Å². The highest BCUT2D eigenvalue weighted by Crippen LogP contribution is 2.32. The van der Waals surface area contributed by atoms with Gasteiger partial charge in [-0.1, -0.05) is 31.5 Å². The summed E-state index contributed by atoms with van der Waals surface area (Å²) >= 11 is 0. The molecular formula is C13H19N. The molecule has 0 heterocycles. The van der Waals surface area contributed by atoms with Crippen molar-refractivity contribution < 1.29 is 0 Å². The molecule has 0 amide bonds. The molecule has 1 nitrogen and oxygen atoms in total. The molecule has 1 aromatic rings. The van der Waals surface area contributed by atoms with Gasteiger partial charge in [-0.2, -0.15) is 0 Å². The van der Waals surface area contributed by atoms with Gasteiger partial charge in [-0.25, -0.2) is 0 Å². The van der Waals surface area contributed by atoms with Crippen LogP contribution in [-0.2, 0) is 12.8 Å². The average molecular weight is 189 g/mol. The fourth-order valence-corrected chi connectivity index (χ4v) is 2.43. The molecule has 1 heteroatoms. The first-order valence-electron chi connectivity index (χ1n) is 5.67. The summed E-state index contributed by atoms with van der Waals surface area (Å²) < 4.78 is 0. The average Bonchev–Trinajstić information content (AvgIpc) is 2.60. The molecule has 1 aliphatic carbocycles. The van der Waals surface area contributed by atoms with Gasteiger partial charge in [0.15, 0.2) is 0 Å². The molecule has 2 N–H and O–H groups in total. The van der Waals surface area contributed by atoms with Gasteiger partial charge in [-0.05, 0) is 48.4 Å². The molecule has 0 saturated heterocycles. The van der Waals surface area contributed by atoms with E-state index in [2.05, 4.69) is 25.1 Å². The van der Waals surface area contributed by atoms with Crippen LogP contribution in [0.3, 0.4) is 0 Å². The Kier molecular flexibility index (Phi) is 2.87. The molecule has 1 aromatic carbocycles. The van der Waals surface area contributed by atoms with Crippen molar-refractivity contribution >= 4 is 0 Å². The number of rotatable bonds is 3. The van der Waals surface area contributed by atoms with E-state index in [1.54, 1.807) is 0 Å². The zero-order chi connectivity index (χ0) is 9.97. The van der Waals surface area contributed by atoms with Gasteiger partial charge in [0.2, 0.25) is 0 Å². The predicted molar refractivity (Wildman–Crippen MR) is 60.6 cm³/mol. The molecule has 0 fully saturated rings. The maximum absolute atomic E-state index is 5.77. The van der Waals surface area contributed by atoms with Gasteiger partial charge < -0.3 is 5.73 Å². The van der Waals surface area contributed by atoms with Crippen molar-refractivity contribution in [3.63, 3.8) is 0 Å². The third-order valence-electron chi connectivity index (χ3n) is 3.24. The number of hydrogen-bond acceptors (Lipinski definition) is 1. The van der Waals surface area contributed by atoms with Crippen LogP contribution in [-0.4, -0.2) is 6.54 Å². The lowest BCUT2D eigenvalue weighted by Gasteiger charge is -2.09. The van der Waals surface area contributed by atoms with Crippen LogP contribution in [0.2, 0.25) is 0 Å². The summed E-state index contributed by atoms with van der Waals surface area (Å²) in [6.45, 7) is 3.04. The Hall–Kier alpha value is -0.820. The molecule has 1 unspecified atom stereocenters. The van der Waals surface area contributed by atoms with Crippen molar-refractivity contribution in [1.29, 1.82) is 0 Å². The van der Waals surface area contributed by atoms with Crippen LogP contribution in [0.25, 0.3) is 0 Å². The largest absolute Gasteiger partial charge is 0.330 e. The first kappa shape index (κ1) is 9.72. The normalized spacial score (nSPS) is 19.7. The monoisotopic (exact) mass is 189 g/mol. The van der Waals surface area contributed by atoms with Gasteiger partial charge in [-0.3, -0.25) is 0 Å². The highest BCUT2D eigenvalue weighted by atomic mass is 14.6. The van der Waals surface area contributed by atoms with E-state index in [1.807, 2.05) is 0 Å². The minimum absolute atomic E-state index is 0.627. The molecule has 0 aromatic heterocycles. The number of benzene rings is 1. The van der Waals surface area contributed by atoms with Crippen molar-refractivity contribution in [2.24, 2.45) is 5.73 Å². The molecule has 1 aliphatic rings. The number of nitrogens with two attached hydrogens (primary N) is 1. The van der Waals surface area contributed by atoms with Crippen LogP contribution >= 0.6 is 0 Å². The van der Waals surface area contributed by atoms with E-state index in [-0.39, 0.29) is 0 Å². The lowest BCUT2D eigenvalue weighted by atomic mass is 9.98.